The van der Waals surface area contributed by atoms with Crippen molar-refractivity contribution in [1.29, 1.82) is 0 Å². The van der Waals surface area contributed by atoms with Crippen LogP contribution in [0.5, 0.6) is 0 Å². The molecule has 98 valence electrons. The van der Waals surface area contributed by atoms with Crippen LogP contribution >= 0.6 is 0 Å². The molecular formula is C15H32O. The SMILES string of the molecule is CCCCCCCCC[C@@H](OCC)C(C)C. The molecule has 1 nitrogen and oxygen atoms in total. The molecule has 16 heavy (non-hydrogen) atoms. The van der Waals surface area contributed by atoms with E-state index >= 15 is 0 Å². The van der Waals surface area contributed by atoms with Crippen molar-refractivity contribution in [2.45, 2.75) is 85.2 Å². The lowest BCUT2D eigenvalue weighted by molar-refractivity contribution is 0.0231. The molecule has 0 rings (SSSR count). The van der Waals surface area contributed by atoms with E-state index in [2.05, 4.69) is 27.7 Å². The molecule has 0 N–H and O–H groups in total. The Balaban J connectivity index is 3.33. The van der Waals surface area contributed by atoms with Gasteiger partial charge in [-0.1, -0.05) is 65.7 Å². The lowest BCUT2D eigenvalue weighted by Gasteiger charge is -2.20. The zero-order valence-corrected chi connectivity index (χ0v) is 11.9. The van der Waals surface area contributed by atoms with E-state index in [1.165, 1.54) is 51.4 Å². The summed E-state index contributed by atoms with van der Waals surface area (Å²) in [5.41, 5.74) is 0. The minimum absolute atomic E-state index is 0.487. The van der Waals surface area contributed by atoms with Crippen LogP contribution < -0.4 is 0 Å². The molecule has 0 fully saturated rings. The molecule has 0 aromatic carbocycles. The van der Waals surface area contributed by atoms with E-state index in [1.807, 2.05) is 0 Å². The van der Waals surface area contributed by atoms with Crippen molar-refractivity contribution in [2.75, 3.05) is 6.61 Å². The van der Waals surface area contributed by atoms with Gasteiger partial charge in [0.2, 0.25) is 0 Å². The Morgan fingerprint density at radius 3 is 1.88 bits per heavy atom. The van der Waals surface area contributed by atoms with Gasteiger partial charge in [-0.25, -0.2) is 0 Å². The summed E-state index contributed by atoms with van der Waals surface area (Å²) in [6.45, 7) is 9.76. The Labute approximate surface area is 103 Å². The van der Waals surface area contributed by atoms with Gasteiger partial charge < -0.3 is 4.74 Å². The van der Waals surface area contributed by atoms with Crippen molar-refractivity contribution >= 4 is 0 Å². The van der Waals surface area contributed by atoms with E-state index in [1.54, 1.807) is 0 Å². The molecule has 0 unspecified atom stereocenters. The molecule has 0 heterocycles. The number of ether oxygens (including phenoxy) is 1. The van der Waals surface area contributed by atoms with Crippen LogP contribution in [0.2, 0.25) is 0 Å². The highest BCUT2D eigenvalue weighted by atomic mass is 16.5. The van der Waals surface area contributed by atoms with Crippen molar-refractivity contribution in [3.05, 3.63) is 0 Å². The Morgan fingerprint density at radius 2 is 1.38 bits per heavy atom. The zero-order valence-electron chi connectivity index (χ0n) is 11.9. The second-order valence-corrected chi connectivity index (χ2v) is 5.15. The van der Waals surface area contributed by atoms with Gasteiger partial charge in [0.05, 0.1) is 6.10 Å². The molecule has 0 amide bonds. The minimum Gasteiger partial charge on any atom is -0.378 e. The average molecular weight is 228 g/mol. The van der Waals surface area contributed by atoms with Gasteiger partial charge in [-0.3, -0.25) is 0 Å². The molecule has 0 radical (unpaired) electrons. The maximum Gasteiger partial charge on any atom is 0.0597 e. The third-order valence-electron chi connectivity index (χ3n) is 3.22. The van der Waals surface area contributed by atoms with Crippen molar-refractivity contribution in [3.63, 3.8) is 0 Å². The predicted octanol–water partition coefficient (Wildman–Crippen LogP) is 5.19. The Bertz CT molecular complexity index is 131. The molecule has 0 spiro atoms. The number of hydrogen-bond acceptors (Lipinski definition) is 1. The fourth-order valence-electron chi connectivity index (χ4n) is 2.13. The quantitative estimate of drug-likeness (QED) is 0.442. The first-order valence-corrected chi connectivity index (χ1v) is 7.33. The largest absolute Gasteiger partial charge is 0.378 e. The van der Waals surface area contributed by atoms with Crippen molar-refractivity contribution < 1.29 is 4.74 Å². The van der Waals surface area contributed by atoms with Crippen LogP contribution in [-0.2, 0) is 4.74 Å². The van der Waals surface area contributed by atoms with E-state index in [0.717, 1.165) is 6.61 Å². The first-order valence-electron chi connectivity index (χ1n) is 7.33. The minimum atomic E-state index is 0.487. The van der Waals surface area contributed by atoms with Gasteiger partial charge in [-0.05, 0) is 19.3 Å². The summed E-state index contributed by atoms with van der Waals surface area (Å²) in [4.78, 5) is 0. The summed E-state index contributed by atoms with van der Waals surface area (Å²) in [6, 6.07) is 0. The van der Waals surface area contributed by atoms with E-state index < -0.39 is 0 Å². The van der Waals surface area contributed by atoms with E-state index in [9.17, 15) is 0 Å². The van der Waals surface area contributed by atoms with E-state index in [0.29, 0.717) is 12.0 Å². The van der Waals surface area contributed by atoms with Crippen LogP contribution in [0.3, 0.4) is 0 Å². The lowest BCUT2D eigenvalue weighted by Crippen LogP contribution is -2.19. The van der Waals surface area contributed by atoms with Gasteiger partial charge in [0.25, 0.3) is 0 Å². The molecule has 1 heteroatoms. The average Bonchev–Trinajstić information content (AvgIpc) is 2.26. The standard InChI is InChI=1S/C15H32O/c1-5-7-8-9-10-11-12-13-15(14(3)4)16-6-2/h14-15H,5-13H2,1-4H3/t15-/m1/s1. The van der Waals surface area contributed by atoms with Crippen LogP contribution in [0, 0.1) is 5.92 Å². The van der Waals surface area contributed by atoms with E-state index in [-0.39, 0.29) is 0 Å². The highest BCUT2D eigenvalue weighted by Crippen LogP contribution is 2.16. The normalized spacial score (nSPS) is 13.3. The third kappa shape index (κ3) is 9.21. The molecule has 0 aromatic rings. The summed E-state index contributed by atoms with van der Waals surface area (Å²) in [5, 5.41) is 0. The number of unbranched alkanes of at least 4 members (excludes halogenated alkanes) is 6. The summed E-state index contributed by atoms with van der Waals surface area (Å²) in [5.74, 6) is 0.667. The van der Waals surface area contributed by atoms with Gasteiger partial charge in [0, 0.05) is 6.61 Å². The summed E-state index contributed by atoms with van der Waals surface area (Å²) in [7, 11) is 0. The van der Waals surface area contributed by atoms with Gasteiger partial charge in [-0.2, -0.15) is 0 Å². The van der Waals surface area contributed by atoms with Crippen molar-refractivity contribution in [1.82, 2.24) is 0 Å². The fourth-order valence-corrected chi connectivity index (χ4v) is 2.13. The van der Waals surface area contributed by atoms with Crippen LogP contribution in [-0.4, -0.2) is 12.7 Å². The summed E-state index contributed by atoms with van der Waals surface area (Å²) >= 11 is 0. The second kappa shape index (κ2) is 11.4. The monoisotopic (exact) mass is 228 g/mol. The molecule has 0 aliphatic heterocycles. The Morgan fingerprint density at radius 1 is 0.812 bits per heavy atom. The first kappa shape index (κ1) is 16.0. The maximum atomic E-state index is 5.75. The Kier molecular flexibility index (Phi) is 11.4. The molecule has 1 atom stereocenters. The zero-order chi connectivity index (χ0) is 12.2. The molecule has 0 aliphatic carbocycles. The van der Waals surface area contributed by atoms with Crippen LogP contribution in [0.25, 0.3) is 0 Å². The summed E-state index contributed by atoms with van der Waals surface area (Å²) < 4.78 is 5.75. The smallest absolute Gasteiger partial charge is 0.0597 e. The molecule has 0 aliphatic rings. The highest BCUT2D eigenvalue weighted by molar-refractivity contribution is 4.62. The van der Waals surface area contributed by atoms with Gasteiger partial charge in [0.1, 0.15) is 0 Å². The van der Waals surface area contributed by atoms with Gasteiger partial charge in [-0.15, -0.1) is 0 Å². The summed E-state index contributed by atoms with van der Waals surface area (Å²) in [6.07, 6.45) is 11.5. The van der Waals surface area contributed by atoms with Crippen molar-refractivity contribution in [3.8, 4) is 0 Å². The first-order chi connectivity index (χ1) is 7.72. The van der Waals surface area contributed by atoms with Crippen molar-refractivity contribution in [2.24, 2.45) is 5.92 Å². The Hall–Kier alpha value is -0.0400. The van der Waals surface area contributed by atoms with Gasteiger partial charge >= 0.3 is 0 Å². The number of hydrogen-bond donors (Lipinski definition) is 0. The third-order valence-corrected chi connectivity index (χ3v) is 3.22. The topological polar surface area (TPSA) is 9.23 Å². The fraction of sp³-hybridized carbons (Fsp3) is 1.00. The maximum absolute atomic E-state index is 5.75. The van der Waals surface area contributed by atoms with E-state index in [4.69, 9.17) is 4.74 Å². The molecule has 0 bridgehead atoms. The van der Waals surface area contributed by atoms with Crippen LogP contribution in [0.15, 0.2) is 0 Å². The molecule has 0 saturated carbocycles. The highest BCUT2D eigenvalue weighted by Gasteiger charge is 2.12. The van der Waals surface area contributed by atoms with Crippen LogP contribution in [0.1, 0.15) is 79.1 Å². The van der Waals surface area contributed by atoms with Crippen LogP contribution in [0.4, 0.5) is 0 Å². The molecular weight excluding hydrogens is 196 g/mol. The van der Waals surface area contributed by atoms with Gasteiger partial charge in [0.15, 0.2) is 0 Å². The predicted molar refractivity (Wildman–Crippen MR) is 72.9 cm³/mol. The lowest BCUT2D eigenvalue weighted by atomic mass is 9.99. The second-order valence-electron chi connectivity index (χ2n) is 5.15. The molecule has 0 aromatic heterocycles. The molecule has 0 saturated heterocycles. The number of rotatable bonds is 11.